The lowest BCUT2D eigenvalue weighted by Crippen LogP contribution is -1.82. The molecule has 1 N–H and O–H groups in total. The third kappa shape index (κ3) is 1.28. The van der Waals surface area contributed by atoms with Gasteiger partial charge in [-0.05, 0) is 0 Å². The van der Waals surface area contributed by atoms with Crippen LogP contribution in [0.3, 0.4) is 0 Å². The average Bonchev–Trinajstić information content (AvgIpc) is 2.34. The smallest absolute Gasteiger partial charge is 0.343 e. The molecule has 0 aliphatic carbocycles. The summed E-state index contributed by atoms with van der Waals surface area (Å²) in [6.45, 7) is -0.246. The molecule has 0 spiro atoms. The van der Waals surface area contributed by atoms with Crippen LogP contribution in [0.5, 0.6) is 0 Å². The lowest BCUT2D eigenvalue weighted by Gasteiger charge is -1.78. The summed E-state index contributed by atoms with van der Waals surface area (Å²) in [6, 6.07) is 1.25. The number of rotatable bonds is 2. The summed E-state index contributed by atoms with van der Waals surface area (Å²) in [5.41, 5.74) is 0.344. The van der Waals surface area contributed by atoms with Crippen LogP contribution < -0.4 is 0 Å². The Labute approximate surface area is 60.2 Å². The molecule has 1 aromatic rings. The van der Waals surface area contributed by atoms with Crippen molar-refractivity contribution in [3.8, 4) is 0 Å². The minimum absolute atomic E-state index is 0.0379. The van der Waals surface area contributed by atoms with Gasteiger partial charge in [0.05, 0.1) is 23.3 Å². The van der Waals surface area contributed by atoms with Crippen LogP contribution in [-0.4, -0.2) is 14.4 Å². The molecule has 1 rings (SSSR count). The monoisotopic (exact) mass is 160 g/mol. The van der Waals surface area contributed by atoms with E-state index in [2.05, 4.69) is 4.37 Å². The van der Waals surface area contributed by atoms with Gasteiger partial charge in [-0.25, -0.2) is 0 Å². The van der Waals surface area contributed by atoms with Gasteiger partial charge >= 0.3 is 5.00 Å². The molecule has 0 saturated carbocycles. The predicted molar refractivity (Wildman–Crippen MR) is 34.7 cm³/mol. The normalized spacial score (nSPS) is 9.70. The summed E-state index contributed by atoms with van der Waals surface area (Å²) in [6.07, 6.45) is 0. The van der Waals surface area contributed by atoms with Gasteiger partial charge < -0.3 is 5.11 Å². The van der Waals surface area contributed by atoms with Crippen molar-refractivity contribution in [3.63, 3.8) is 0 Å². The Hall–Kier alpha value is -1.01. The van der Waals surface area contributed by atoms with Crippen molar-refractivity contribution in [2.24, 2.45) is 0 Å². The van der Waals surface area contributed by atoms with Crippen molar-refractivity contribution in [2.75, 3.05) is 0 Å². The van der Waals surface area contributed by atoms with Crippen LogP contribution in [0.2, 0.25) is 0 Å². The van der Waals surface area contributed by atoms with E-state index in [1.54, 1.807) is 0 Å². The van der Waals surface area contributed by atoms with E-state index >= 15 is 0 Å². The zero-order valence-electron chi connectivity index (χ0n) is 4.85. The number of aliphatic hydroxyl groups is 1. The van der Waals surface area contributed by atoms with Gasteiger partial charge in [0.1, 0.15) is 0 Å². The lowest BCUT2D eigenvalue weighted by molar-refractivity contribution is -0.380. The molecule has 0 aliphatic rings. The van der Waals surface area contributed by atoms with Crippen LogP contribution in [0, 0.1) is 10.1 Å². The first kappa shape index (κ1) is 7.10. The summed E-state index contributed by atoms with van der Waals surface area (Å²) < 4.78 is 3.61. The summed E-state index contributed by atoms with van der Waals surface area (Å²) in [5.74, 6) is 0. The van der Waals surface area contributed by atoms with Gasteiger partial charge in [0.15, 0.2) is 0 Å². The Balaban J connectivity index is 2.88. The van der Waals surface area contributed by atoms with E-state index in [0.717, 1.165) is 11.5 Å². The fraction of sp³-hybridized carbons (Fsp3) is 0.250. The lowest BCUT2D eigenvalue weighted by atomic mass is 10.5. The molecule has 0 fully saturated rings. The number of hydrogen-bond acceptors (Lipinski definition) is 5. The van der Waals surface area contributed by atoms with E-state index in [-0.39, 0.29) is 11.6 Å². The SMILES string of the molecule is O=[N+]([O-])c1cc(CO)ns1. The van der Waals surface area contributed by atoms with Crippen LogP contribution in [0.25, 0.3) is 0 Å². The molecule has 0 unspecified atom stereocenters. The molecule has 5 nitrogen and oxygen atoms in total. The largest absolute Gasteiger partial charge is 0.390 e. The highest BCUT2D eigenvalue weighted by Gasteiger charge is 2.09. The average molecular weight is 160 g/mol. The van der Waals surface area contributed by atoms with Crippen molar-refractivity contribution in [3.05, 3.63) is 21.9 Å². The third-order valence-corrected chi connectivity index (χ3v) is 1.67. The second-order valence-corrected chi connectivity index (χ2v) is 2.36. The van der Waals surface area contributed by atoms with Gasteiger partial charge in [0.25, 0.3) is 0 Å². The van der Waals surface area contributed by atoms with Crippen LogP contribution in [0.4, 0.5) is 5.00 Å². The number of nitro groups is 1. The molecule has 0 saturated heterocycles. The Bertz CT molecular complexity index is 246. The van der Waals surface area contributed by atoms with Crippen molar-refractivity contribution in [1.82, 2.24) is 4.37 Å². The Morgan fingerprint density at radius 1 is 1.90 bits per heavy atom. The van der Waals surface area contributed by atoms with Gasteiger partial charge in [-0.15, -0.1) is 0 Å². The van der Waals surface area contributed by atoms with Crippen molar-refractivity contribution < 1.29 is 10.0 Å². The summed E-state index contributed by atoms with van der Waals surface area (Å²) in [7, 11) is 0. The molecular formula is C4H4N2O3S. The molecule has 0 radical (unpaired) electrons. The van der Waals surface area contributed by atoms with Gasteiger partial charge in [-0.2, -0.15) is 4.37 Å². The molecule has 10 heavy (non-hydrogen) atoms. The van der Waals surface area contributed by atoms with E-state index in [9.17, 15) is 10.1 Å². The topological polar surface area (TPSA) is 76.3 Å². The molecule has 0 bridgehead atoms. The second kappa shape index (κ2) is 2.72. The highest BCUT2D eigenvalue weighted by Crippen LogP contribution is 2.18. The highest BCUT2D eigenvalue weighted by atomic mass is 32.1. The van der Waals surface area contributed by atoms with Crippen LogP contribution in [0.1, 0.15) is 5.69 Å². The van der Waals surface area contributed by atoms with Gasteiger partial charge in [0, 0.05) is 11.5 Å². The van der Waals surface area contributed by atoms with E-state index in [1.165, 1.54) is 6.07 Å². The Morgan fingerprint density at radius 3 is 2.90 bits per heavy atom. The number of aromatic nitrogens is 1. The Kier molecular flexibility index (Phi) is 1.93. The molecule has 6 heteroatoms. The maximum Gasteiger partial charge on any atom is 0.343 e. The predicted octanol–water partition coefficient (Wildman–Crippen LogP) is 0.544. The molecule has 1 heterocycles. The standard InChI is InChI=1S/C4H4N2O3S/c7-2-3-1-4(6(8)9)10-5-3/h1,7H,2H2. The molecule has 0 atom stereocenters. The fourth-order valence-electron chi connectivity index (χ4n) is 0.461. The van der Waals surface area contributed by atoms with Crippen molar-refractivity contribution in [1.29, 1.82) is 0 Å². The third-order valence-electron chi connectivity index (χ3n) is 0.888. The first-order chi connectivity index (χ1) is 4.74. The zero-order valence-corrected chi connectivity index (χ0v) is 5.67. The van der Waals surface area contributed by atoms with Crippen molar-refractivity contribution >= 4 is 16.5 Å². The van der Waals surface area contributed by atoms with Crippen molar-refractivity contribution in [2.45, 2.75) is 6.61 Å². The zero-order chi connectivity index (χ0) is 7.56. The van der Waals surface area contributed by atoms with Gasteiger partial charge in [-0.1, -0.05) is 0 Å². The van der Waals surface area contributed by atoms with E-state index < -0.39 is 4.92 Å². The molecular weight excluding hydrogens is 156 g/mol. The van der Waals surface area contributed by atoms with Crippen LogP contribution in [0.15, 0.2) is 6.07 Å². The van der Waals surface area contributed by atoms with Crippen LogP contribution >= 0.6 is 11.5 Å². The van der Waals surface area contributed by atoms with Crippen LogP contribution in [-0.2, 0) is 6.61 Å². The summed E-state index contributed by atoms with van der Waals surface area (Å²) in [5, 5.41) is 18.4. The quantitative estimate of drug-likeness (QED) is 0.506. The summed E-state index contributed by atoms with van der Waals surface area (Å²) >= 11 is 0.773. The molecule has 0 amide bonds. The number of hydrogen-bond donors (Lipinski definition) is 1. The Morgan fingerprint density at radius 2 is 2.60 bits per heavy atom. The van der Waals surface area contributed by atoms with E-state index in [4.69, 9.17) is 5.11 Å². The molecule has 1 aromatic heterocycles. The minimum Gasteiger partial charge on any atom is -0.390 e. The first-order valence-electron chi connectivity index (χ1n) is 2.45. The molecule has 0 aliphatic heterocycles. The molecule has 0 aromatic carbocycles. The highest BCUT2D eigenvalue weighted by molar-refractivity contribution is 7.09. The first-order valence-corrected chi connectivity index (χ1v) is 3.22. The number of aliphatic hydroxyl groups excluding tert-OH is 1. The van der Waals surface area contributed by atoms with E-state index in [0.29, 0.717) is 5.69 Å². The second-order valence-electron chi connectivity index (χ2n) is 1.57. The van der Waals surface area contributed by atoms with E-state index in [1.807, 2.05) is 0 Å². The fourth-order valence-corrected chi connectivity index (χ4v) is 1.04. The van der Waals surface area contributed by atoms with Gasteiger partial charge in [-0.3, -0.25) is 10.1 Å². The molecule has 54 valence electrons. The maximum atomic E-state index is 10.0. The summed E-state index contributed by atoms with van der Waals surface area (Å²) in [4.78, 5) is 9.49. The minimum atomic E-state index is -0.531. The van der Waals surface area contributed by atoms with Gasteiger partial charge in [0.2, 0.25) is 0 Å². The number of nitrogens with zero attached hydrogens (tertiary/aromatic N) is 2. The maximum absolute atomic E-state index is 10.0.